The highest BCUT2D eigenvalue weighted by Crippen LogP contribution is 2.54. The van der Waals surface area contributed by atoms with Crippen molar-refractivity contribution in [3.05, 3.63) is 32.1 Å². The van der Waals surface area contributed by atoms with Gasteiger partial charge >= 0.3 is 5.69 Å². The van der Waals surface area contributed by atoms with Crippen LogP contribution in [-0.4, -0.2) is 9.97 Å². The van der Waals surface area contributed by atoms with Crippen molar-refractivity contribution in [3.63, 3.8) is 0 Å². The molecule has 0 amide bonds. The highest BCUT2D eigenvalue weighted by Gasteiger charge is 2.50. The SMILES string of the molecule is O=c1[nH]c2c(c(=O)[nH]1)CCC21CC1. The molecule has 13 heavy (non-hydrogen) atoms. The number of fused-ring (bicyclic) bond motifs is 2. The Morgan fingerprint density at radius 3 is 2.54 bits per heavy atom. The van der Waals surface area contributed by atoms with E-state index in [9.17, 15) is 9.59 Å². The quantitative estimate of drug-likeness (QED) is 0.589. The summed E-state index contributed by atoms with van der Waals surface area (Å²) in [4.78, 5) is 27.5. The standard InChI is InChI=1S/C9H10N2O2/c12-7-5-1-2-9(3-4-9)6(5)10-8(13)11-7/h1-4H2,(H2,10,11,12,13). The highest BCUT2D eigenvalue weighted by molar-refractivity contribution is 5.36. The molecule has 4 heteroatoms. The second-order valence-electron chi connectivity index (χ2n) is 4.04. The fourth-order valence-corrected chi connectivity index (χ4v) is 2.34. The van der Waals surface area contributed by atoms with Gasteiger partial charge in [0, 0.05) is 16.7 Å². The maximum atomic E-state index is 11.4. The van der Waals surface area contributed by atoms with Crippen molar-refractivity contribution in [1.82, 2.24) is 9.97 Å². The topological polar surface area (TPSA) is 65.7 Å². The summed E-state index contributed by atoms with van der Waals surface area (Å²) in [6.45, 7) is 0. The molecule has 0 unspecified atom stereocenters. The van der Waals surface area contributed by atoms with E-state index in [4.69, 9.17) is 0 Å². The summed E-state index contributed by atoms with van der Waals surface area (Å²) < 4.78 is 0. The van der Waals surface area contributed by atoms with E-state index in [1.54, 1.807) is 0 Å². The molecule has 0 radical (unpaired) electrons. The maximum absolute atomic E-state index is 11.4. The van der Waals surface area contributed by atoms with Crippen LogP contribution in [0.25, 0.3) is 0 Å². The van der Waals surface area contributed by atoms with Crippen LogP contribution in [0.15, 0.2) is 9.59 Å². The van der Waals surface area contributed by atoms with Crippen LogP contribution in [0.1, 0.15) is 30.5 Å². The molecule has 2 aliphatic rings. The number of H-pyrrole nitrogens is 2. The molecule has 1 aromatic heterocycles. The number of aromatic nitrogens is 2. The molecular weight excluding hydrogens is 168 g/mol. The molecule has 1 spiro atoms. The van der Waals surface area contributed by atoms with E-state index in [0.717, 1.165) is 36.9 Å². The Bertz CT molecular complexity index is 479. The lowest BCUT2D eigenvalue weighted by atomic mass is 10.1. The molecular formula is C9H10N2O2. The molecule has 0 aromatic carbocycles. The third-order valence-corrected chi connectivity index (χ3v) is 3.28. The molecule has 0 bridgehead atoms. The zero-order valence-electron chi connectivity index (χ0n) is 7.14. The van der Waals surface area contributed by atoms with Gasteiger partial charge in [-0.2, -0.15) is 0 Å². The van der Waals surface area contributed by atoms with E-state index in [1.165, 1.54) is 0 Å². The number of nitrogens with one attached hydrogen (secondary N) is 2. The van der Waals surface area contributed by atoms with Gasteiger partial charge in [-0.25, -0.2) is 4.79 Å². The molecule has 68 valence electrons. The van der Waals surface area contributed by atoms with Crippen LogP contribution in [-0.2, 0) is 11.8 Å². The van der Waals surface area contributed by atoms with Gasteiger partial charge in [0.25, 0.3) is 5.56 Å². The summed E-state index contributed by atoms with van der Waals surface area (Å²) in [6, 6.07) is 0. The zero-order valence-corrected chi connectivity index (χ0v) is 7.14. The average molecular weight is 178 g/mol. The molecule has 0 aliphatic heterocycles. The molecule has 0 saturated heterocycles. The lowest BCUT2D eigenvalue weighted by Crippen LogP contribution is -2.27. The van der Waals surface area contributed by atoms with Crippen LogP contribution >= 0.6 is 0 Å². The van der Waals surface area contributed by atoms with Crippen LogP contribution in [0.2, 0.25) is 0 Å². The first-order chi connectivity index (χ1) is 6.21. The van der Waals surface area contributed by atoms with E-state index < -0.39 is 0 Å². The van der Waals surface area contributed by atoms with Crippen molar-refractivity contribution in [1.29, 1.82) is 0 Å². The van der Waals surface area contributed by atoms with E-state index >= 15 is 0 Å². The van der Waals surface area contributed by atoms with Crippen molar-refractivity contribution in [2.75, 3.05) is 0 Å². The predicted molar refractivity (Wildman–Crippen MR) is 46.9 cm³/mol. The molecule has 3 rings (SSSR count). The van der Waals surface area contributed by atoms with Gasteiger partial charge in [-0.15, -0.1) is 0 Å². The van der Waals surface area contributed by atoms with Gasteiger partial charge < -0.3 is 4.98 Å². The van der Waals surface area contributed by atoms with Crippen LogP contribution < -0.4 is 11.2 Å². The van der Waals surface area contributed by atoms with Gasteiger partial charge in [-0.1, -0.05) is 0 Å². The Balaban J connectivity index is 2.36. The van der Waals surface area contributed by atoms with Gasteiger partial charge in [0.2, 0.25) is 0 Å². The molecule has 0 atom stereocenters. The molecule has 4 nitrogen and oxygen atoms in total. The monoisotopic (exact) mass is 178 g/mol. The van der Waals surface area contributed by atoms with Crippen LogP contribution in [0.3, 0.4) is 0 Å². The zero-order chi connectivity index (χ0) is 9.05. The Morgan fingerprint density at radius 2 is 1.85 bits per heavy atom. The minimum absolute atomic E-state index is 0.183. The van der Waals surface area contributed by atoms with Gasteiger partial charge in [-0.05, 0) is 25.7 Å². The van der Waals surface area contributed by atoms with E-state index in [2.05, 4.69) is 9.97 Å². The predicted octanol–water partition coefficient (Wildman–Crippen LogP) is 0.0410. The van der Waals surface area contributed by atoms with Crippen molar-refractivity contribution < 1.29 is 0 Å². The van der Waals surface area contributed by atoms with Crippen LogP contribution in [0.5, 0.6) is 0 Å². The average Bonchev–Trinajstić information content (AvgIpc) is 2.73. The van der Waals surface area contributed by atoms with Gasteiger partial charge in [0.1, 0.15) is 0 Å². The maximum Gasteiger partial charge on any atom is 0.325 e. The summed E-state index contributed by atoms with van der Waals surface area (Å²) >= 11 is 0. The first-order valence-corrected chi connectivity index (χ1v) is 4.57. The molecule has 2 aliphatic carbocycles. The number of rotatable bonds is 0. The third kappa shape index (κ3) is 0.802. The van der Waals surface area contributed by atoms with Gasteiger partial charge in [-0.3, -0.25) is 9.78 Å². The normalized spacial score (nSPS) is 21.8. The highest BCUT2D eigenvalue weighted by atomic mass is 16.2. The van der Waals surface area contributed by atoms with Crippen molar-refractivity contribution >= 4 is 0 Å². The Kier molecular flexibility index (Phi) is 1.07. The summed E-state index contributed by atoms with van der Waals surface area (Å²) in [6.07, 6.45) is 4.10. The van der Waals surface area contributed by atoms with E-state index in [1.807, 2.05) is 0 Å². The Labute approximate surface area is 74.0 Å². The fourth-order valence-electron chi connectivity index (χ4n) is 2.34. The minimum Gasteiger partial charge on any atom is -0.310 e. The largest absolute Gasteiger partial charge is 0.325 e. The summed E-state index contributed by atoms with van der Waals surface area (Å²) in [5.74, 6) is 0. The van der Waals surface area contributed by atoms with Gasteiger partial charge in [0.05, 0.1) is 0 Å². The Hall–Kier alpha value is -1.32. The fraction of sp³-hybridized carbons (Fsp3) is 0.556. The third-order valence-electron chi connectivity index (χ3n) is 3.28. The van der Waals surface area contributed by atoms with Crippen molar-refractivity contribution in [2.24, 2.45) is 0 Å². The number of hydrogen-bond acceptors (Lipinski definition) is 2. The van der Waals surface area contributed by atoms with Gasteiger partial charge in [0.15, 0.2) is 0 Å². The van der Waals surface area contributed by atoms with E-state index in [0.29, 0.717) is 0 Å². The lowest BCUT2D eigenvalue weighted by molar-refractivity contribution is 0.661. The lowest BCUT2D eigenvalue weighted by Gasteiger charge is -2.05. The van der Waals surface area contributed by atoms with E-state index in [-0.39, 0.29) is 16.7 Å². The molecule has 1 fully saturated rings. The number of aromatic amines is 2. The molecule has 2 N–H and O–H groups in total. The second kappa shape index (κ2) is 1.95. The number of hydrogen-bond donors (Lipinski definition) is 2. The minimum atomic E-state index is -0.364. The summed E-state index contributed by atoms with van der Waals surface area (Å²) in [5.41, 5.74) is 1.35. The molecule has 1 saturated carbocycles. The first-order valence-electron chi connectivity index (χ1n) is 4.57. The smallest absolute Gasteiger partial charge is 0.310 e. The molecule has 1 aromatic rings. The Morgan fingerprint density at radius 1 is 1.08 bits per heavy atom. The molecule has 1 heterocycles. The van der Waals surface area contributed by atoms with Crippen molar-refractivity contribution in [2.45, 2.75) is 31.1 Å². The van der Waals surface area contributed by atoms with Crippen LogP contribution in [0, 0.1) is 0 Å². The summed E-state index contributed by atoms with van der Waals surface area (Å²) in [5, 5.41) is 0. The first kappa shape index (κ1) is 7.12. The summed E-state index contributed by atoms with van der Waals surface area (Å²) in [7, 11) is 0. The van der Waals surface area contributed by atoms with Crippen molar-refractivity contribution in [3.8, 4) is 0 Å². The second-order valence-corrected chi connectivity index (χ2v) is 4.04. The van der Waals surface area contributed by atoms with Crippen LogP contribution in [0.4, 0.5) is 0 Å².